The number of alkyl halides is 8. The van der Waals surface area contributed by atoms with Crippen molar-refractivity contribution in [3.63, 3.8) is 0 Å². The zero-order valence-corrected chi connectivity index (χ0v) is 19.8. The molecule has 8 unspecified atom stereocenters. The van der Waals surface area contributed by atoms with Crippen molar-refractivity contribution in [3.8, 4) is 0 Å². The Hall–Kier alpha value is 1.66. The third kappa shape index (κ3) is 4.10. The molecule has 2 fully saturated rings. The van der Waals surface area contributed by atoms with Crippen molar-refractivity contribution in [1.82, 2.24) is 0 Å². The van der Waals surface area contributed by atoms with Crippen molar-refractivity contribution in [2.75, 3.05) is 0 Å². The first-order chi connectivity index (χ1) is 11.9. The van der Waals surface area contributed by atoms with Gasteiger partial charge in [0.1, 0.15) is 11.6 Å². The molecule has 2 aliphatic carbocycles. The highest BCUT2D eigenvalue weighted by Gasteiger charge is 2.59. The second-order valence-corrected chi connectivity index (χ2v) is 11.0. The zero-order valence-electron chi connectivity index (χ0n) is 13.8. The Balaban J connectivity index is 2.40. The van der Waals surface area contributed by atoms with E-state index in [2.05, 4.69) is 0 Å². The molecule has 0 aromatic carbocycles. The van der Waals surface area contributed by atoms with E-state index in [1.807, 2.05) is 0 Å². The van der Waals surface area contributed by atoms with E-state index in [0.717, 1.165) is 0 Å². The van der Waals surface area contributed by atoms with Crippen LogP contribution in [0, 0.1) is 23.7 Å². The average Bonchev–Trinajstić information content (AvgIpc) is 2.54. The predicted molar refractivity (Wildman–Crippen MR) is 112 cm³/mol. The van der Waals surface area contributed by atoms with Crippen molar-refractivity contribution in [2.24, 2.45) is 23.7 Å². The van der Waals surface area contributed by atoms with E-state index in [1.165, 1.54) is 13.8 Å². The summed E-state index contributed by atoms with van der Waals surface area (Å²) in [5, 5.41) is -5.80. The van der Waals surface area contributed by atoms with E-state index >= 15 is 0 Å². The quantitative estimate of drug-likeness (QED) is 0.455. The van der Waals surface area contributed by atoms with Crippen LogP contribution in [-0.4, -0.2) is 54.6 Å². The molecule has 0 aromatic rings. The molecule has 0 bridgehead atoms. The van der Waals surface area contributed by atoms with E-state index in [0.29, 0.717) is 0 Å². The van der Waals surface area contributed by atoms with Crippen molar-refractivity contribution in [3.05, 3.63) is 0 Å². The Morgan fingerprint density at radius 1 is 0.462 bits per heavy atom. The first-order valence-electron chi connectivity index (χ1n) is 8.06. The van der Waals surface area contributed by atoms with Crippen molar-refractivity contribution < 1.29 is 9.59 Å². The number of hydrogen-bond acceptors (Lipinski definition) is 2. The molecule has 0 aromatic heterocycles. The summed E-state index contributed by atoms with van der Waals surface area (Å²) in [6.07, 6.45) is 0. The highest BCUT2D eigenvalue weighted by atomic mass is 35.5. The van der Waals surface area contributed by atoms with Crippen LogP contribution in [0.1, 0.15) is 13.8 Å². The van der Waals surface area contributed by atoms with Gasteiger partial charge in [-0.15, -0.1) is 92.8 Å². The van der Waals surface area contributed by atoms with E-state index in [-0.39, 0.29) is 11.6 Å². The molecule has 0 spiro atoms. The molecule has 0 radical (unpaired) electrons. The second-order valence-electron chi connectivity index (χ2n) is 6.98. The largest absolute Gasteiger partial charge is 0.300 e. The maximum absolute atomic E-state index is 11.9. The van der Waals surface area contributed by atoms with Gasteiger partial charge < -0.3 is 0 Å². The second kappa shape index (κ2) is 9.21. The monoisotopic (exact) mass is 522 g/mol. The standard InChI is InChI=1S/C16H18Cl8O2/c1-3(25)5-9(17)13(21)7(14(22)10(5)18)8-15(23)11(19)6(4(2)26)12(20)16(8)24/h5-16H,1-2H3. The number of Topliss-reactive ketones (excluding diaryl/α,β-unsaturated/α-hetero) is 2. The van der Waals surface area contributed by atoms with E-state index in [4.69, 9.17) is 92.8 Å². The molecule has 2 saturated carbocycles. The fraction of sp³-hybridized carbons (Fsp3) is 0.875. The minimum absolute atomic E-state index is 0.185. The van der Waals surface area contributed by atoms with Gasteiger partial charge >= 0.3 is 0 Å². The normalized spacial score (nSPS) is 52.5. The summed E-state index contributed by atoms with van der Waals surface area (Å²) in [4.78, 5) is 23.9. The minimum atomic E-state index is -0.738. The van der Waals surface area contributed by atoms with Crippen LogP contribution in [0.5, 0.6) is 0 Å². The molecule has 0 aliphatic heterocycles. The predicted octanol–water partition coefficient (Wildman–Crippen LogP) is 5.52. The summed E-state index contributed by atoms with van der Waals surface area (Å²) in [7, 11) is 0. The SMILES string of the molecule is CC(=O)C1C(Cl)C(Cl)C(C2C(Cl)C(Cl)C(C(C)=O)C(Cl)C2Cl)C(Cl)C1Cl. The molecule has 0 amide bonds. The van der Waals surface area contributed by atoms with Gasteiger partial charge in [-0.3, -0.25) is 9.59 Å². The number of halogens is 8. The summed E-state index contributed by atoms with van der Waals surface area (Å²) in [6.45, 7) is 2.80. The Labute approximate surface area is 193 Å². The molecule has 0 heterocycles. The highest BCUT2D eigenvalue weighted by molar-refractivity contribution is 6.38. The molecule has 0 N–H and O–H groups in total. The first-order valence-corrected chi connectivity index (χ1v) is 11.6. The summed E-state index contributed by atoms with van der Waals surface area (Å²) >= 11 is 52.2. The number of hydrogen-bond donors (Lipinski definition) is 0. The van der Waals surface area contributed by atoms with Crippen LogP contribution in [0.15, 0.2) is 0 Å². The Morgan fingerprint density at radius 3 is 0.808 bits per heavy atom. The molecule has 10 heteroatoms. The van der Waals surface area contributed by atoms with Gasteiger partial charge in [0.15, 0.2) is 0 Å². The van der Waals surface area contributed by atoms with Crippen molar-refractivity contribution >= 4 is 104 Å². The van der Waals surface area contributed by atoms with Crippen LogP contribution in [0.3, 0.4) is 0 Å². The number of carbonyl (C=O) groups is 2. The lowest BCUT2D eigenvalue weighted by atomic mass is 9.66. The lowest BCUT2D eigenvalue weighted by Crippen LogP contribution is -2.62. The van der Waals surface area contributed by atoms with Crippen LogP contribution in [0.2, 0.25) is 0 Å². The smallest absolute Gasteiger partial charge is 0.135 e. The molecule has 26 heavy (non-hydrogen) atoms. The third-order valence-electron chi connectivity index (χ3n) is 5.44. The molecular weight excluding hydrogens is 508 g/mol. The molecular formula is C16H18Cl8O2. The molecule has 2 nitrogen and oxygen atoms in total. The van der Waals surface area contributed by atoms with Gasteiger partial charge in [0.2, 0.25) is 0 Å². The maximum Gasteiger partial charge on any atom is 0.135 e. The fourth-order valence-electron chi connectivity index (χ4n) is 4.09. The van der Waals surface area contributed by atoms with Gasteiger partial charge in [-0.05, 0) is 13.8 Å². The van der Waals surface area contributed by atoms with E-state index in [1.54, 1.807) is 0 Å². The molecule has 2 rings (SSSR count). The molecule has 0 saturated heterocycles. The van der Waals surface area contributed by atoms with Gasteiger partial charge in [-0.1, -0.05) is 0 Å². The molecule has 150 valence electrons. The average molecular weight is 526 g/mol. The maximum atomic E-state index is 11.9. The number of rotatable bonds is 3. The van der Waals surface area contributed by atoms with E-state index in [9.17, 15) is 9.59 Å². The van der Waals surface area contributed by atoms with Crippen LogP contribution >= 0.6 is 92.8 Å². The molecule has 8 atom stereocenters. The Kier molecular flexibility index (Phi) is 8.48. The van der Waals surface area contributed by atoms with Gasteiger partial charge in [-0.2, -0.15) is 0 Å². The van der Waals surface area contributed by atoms with Crippen molar-refractivity contribution in [2.45, 2.75) is 56.9 Å². The Bertz CT molecular complexity index is 480. The van der Waals surface area contributed by atoms with Crippen LogP contribution in [0.25, 0.3) is 0 Å². The fourth-order valence-corrected chi connectivity index (χ4v) is 8.32. The number of carbonyl (C=O) groups excluding carboxylic acids is 2. The first kappa shape index (κ1) is 23.9. The van der Waals surface area contributed by atoms with Gasteiger partial charge in [0.25, 0.3) is 0 Å². The van der Waals surface area contributed by atoms with Crippen molar-refractivity contribution in [1.29, 1.82) is 0 Å². The van der Waals surface area contributed by atoms with Gasteiger partial charge in [0, 0.05) is 11.8 Å². The van der Waals surface area contributed by atoms with Crippen LogP contribution in [0.4, 0.5) is 0 Å². The summed E-state index contributed by atoms with van der Waals surface area (Å²) in [5.41, 5.74) is 0. The third-order valence-corrected chi connectivity index (χ3v) is 10.4. The lowest BCUT2D eigenvalue weighted by Gasteiger charge is -2.51. The minimum Gasteiger partial charge on any atom is -0.300 e. The summed E-state index contributed by atoms with van der Waals surface area (Å²) in [6, 6.07) is 0. The molecule has 2 aliphatic rings. The Morgan fingerprint density at radius 2 is 0.654 bits per heavy atom. The lowest BCUT2D eigenvalue weighted by molar-refractivity contribution is -0.123. The van der Waals surface area contributed by atoms with Gasteiger partial charge in [-0.25, -0.2) is 0 Å². The topological polar surface area (TPSA) is 34.1 Å². The number of ketones is 2. The highest BCUT2D eigenvalue weighted by Crippen LogP contribution is 2.53. The van der Waals surface area contributed by atoms with Gasteiger partial charge in [0.05, 0.1) is 54.9 Å². The summed E-state index contributed by atoms with van der Waals surface area (Å²) < 4.78 is 0. The van der Waals surface area contributed by atoms with Crippen LogP contribution in [-0.2, 0) is 9.59 Å². The zero-order chi connectivity index (χ0) is 20.1. The van der Waals surface area contributed by atoms with E-state index < -0.39 is 66.7 Å². The van der Waals surface area contributed by atoms with Crippen LogP contribution < -0.4 is 0 Å². The summed E-state index contributed by atoms with van der Waals surface area (Å²) in [5.74, 6) is -2.80.